The molecule has 0 bridgehead atoms. The summed E-state index contributed by atoms with van der Waals surface area (Å²) in [5.41, 5.74) is 2.30. The van der Waals surface area contributed by atoms with Crippen molar-refractivity contribution in [1.82, 2.24) is 9.80 Å². The molecule has 0 aromatic heterocycles. The number of benzene rings is 2. The number of ether oxygens (including phenoxy) is 2. The molecule has 29 heavy (non-hydrogen) atoms. The number of nitrogens with zero attached hydrogens (tertiary/aromatic N) is 2. The fourth-order valence-corrected chi connectivity index (χ4v) is 3.70. The van der Waals surface area contributed by atoms with Crippen molar-refractivity contribution >= 4 is 6.08 Å². The van der Waals surface area contributed by atoms with E-state index >= 15 is 0 Å². The molecule has 0 radical (unpaired) electrons. The lowest BCUT2D eigenvalue weighted by atomic mass is 9.93. The maximum atomic E-state index is 10.9. The van der Waals surface area contributed by atoms with Crippen LogP contribution in [0.15, 0.2) is 48.5 Å². The molecule has 1 atom stereocenters. The van der Waals surface area contributed by atoms with E-state index in [2.05, 4.69) is 35.3 Å². The molecule has 0 saturated carbocycles. The van der Waals surface area contributed by atoms with Crippen molar-refractivity contribution in [3.8, 4) is 11.5 Å². The van der Waals surface area contributed by atoms with Gasteiger partial charge in [0.25, 0.3) is 0 Å². The first kappa shape index (κ1) is 21.4. The van der Waals surface area contributed by atoms with Gasteiger partial charge in [0.2, 0.25) is 0 Å². The van der Waals surface area contributed by atoms with E-state index in [1.807, 2.05) is 50.2 Å². The van der Waals surface area contributed by atoms with E-state index in [0.29, 0.717) is 13.2 Å². The van der Waals surface area contributed by atoms with E-state index in [0.717, 1.165) is 47.8 Å². The highest BCUT2D eigenvalue weighted by atomic mass is 16.5. The van der Waals surface area contributed by atoms with Gasteiger partial charge in [0, 0.05) is 31.7 Å². The predicted molar refractivity (Wildman–Crippen MR) is 117 cm³/mol. The summed E-state index contributed by atoms with van der Waals surface area (Å²) in [4.78, 5) is 4.36. The Hall–Kier alpha value is -2.34. The molecule has 2 aromatic rings. The number of hydrogen-bond acceptors (Lipinski definition) is 5. The Morgan fingerprint density at radius 3 is 2.66 bits per heavy atom. The van der Waals surface area contributed by atoms with E-state index in [4.69, 9.17) is 9.47 Å². The minimum absolute atomic E-state index is 0.570. The molecule has 1 unspecified atom stereocenters. The van der Waals surface area contributed by atoms with Crippen LogP contribution in [0, 0.1) is 0 Å². The molecule has 0 saturated heterocycles. The van der Waals surface area contributed by atoms with Crippen LogP contribution in [0.25, 0.3) is 6.08 Å². The van der Waals surface area contributed by atoms with E-state index in [1.165, 1.54) is 0 Å². The third kappa shape index (κ3) is 5.82. The fraction of sp³-hybridized carbons (Fsp3) is 0.417. The van der Waals surface area contributed by atoms with Crippen LogP contribution >= 0.6 is 0 Å². The Labute approximate surface area is 174 Å². The second-order valence-electron chi connectivity index (χ2n) is 8.09. The largest absolute Gasteiger partial charge is 0.497 e. The molecule has 1 aliphatic rings. The molecule has 3 rings (SSSR count). The molecule has 1 heterocycles. The van der Waals surface area contributed by atoms with Crippen molar-refractivity contribution in [1.29, 1.82) is 0 Å². The van der Waals surface area contributed by atoms with Crippen LogP contribution in [-0.4, -0.2) is 62.4 Å². The standard InChI is InChI=1S/C24H32N2O3/c1-24(27,18-25(2)3)21-9-12-23-20(16-21)17-26(14-15-29-23)13-5-6-19-7-10-22(28-4)11-8-19/h5-12,16,27H,13-15,17-18H2,1-4H3/b6-5+. The summed E-state index contributed by atoms with van der Waals surface area (Å²) in [6, 6.07) is 14.1. The zero-order valence-electron chi connectivity index (χ0n) is 17.9. The lowest BCUT2D eigenvalue weighted by Gasteiger charge is -2.28. The third-order valence-electron chi connectivity index (χ3n) is 5.16. The molecular weight excluding hydrogens is 364 g/mol. The molecule has 2 aromatic carbocycles. The van der Waals surface area contributed by atoms with Gasteiger partial charge in [0.05, 0.1) is 12.7 Å². The summed E-state index contributed by atoms with van der Waals surface area (Å²) in [6.45, 7) is 5.60. The van der Waals surface area contributed by atoms with Gasteiger partial charge in [-0.1, -0.05) is 30.4 Å². The van der Waals surface area contributed by atoms with Crippen LogP contribution < -0.4 is 9.47 Å². The van der Waals surface area contributed by atoms with E-state index in [-0.39, 0.29) is 0 Å². The lowest BCUT2D eigenvalue weighted by molar-refractivity contribution is 0.0299. The second kappa shape index (κ2) is 9.44. The molecule has 5 heteroatoms. The van der Waals surface area contributed by atoms with E-state index in [9.17, 15) is 5.11 Å². The summed E-state index contributed by atoms with van der Waals surface area (Å²) in [5, 5.41) is 10.9. The number of aliphatic hydroxyl groups is 1. The number of methoxy groups -OCH3 is 1. The molecule has 5 nitrogen and oxygen atoms in total. The van der Waals surface area contributed by atoms with Crippen molar-refractivity contribution in [2.45, 2.75) is 19.1 Å². The van der Waals surface area contributed by atoms with Gasteiger partial charge in [0.15, 0.2) is 0 Å². The average Bonchev–Trinajstić information content (AvgIpc) is 2.89. The Morgan fingerprint density at radius 2 is 1.97 bits per heavy atom. The second-order valence-corrected chi connectivity index (χ2v) is 8.09. The summed E-state index contributed by atoms with van der Waals surface area (Å²) >= 11 is 0. The maximum Gasteiger partial charge on any atom is 0.123 e. The van der Waals surface area contributed by atoms with Crippen molar-refractivity contribution < 1.29 is 14.6 Å². The molecule has 1 aliphatic heterocycles. The van der Waals surface area contributed by atoms with Crippen LogP contribution in [0.3, 0.4) is 0 Å². The highest BCUT2D eigenvalue weighted by Crippen LogP contribution is 2.29. The summed E-state index contributed by atoms with van der Waals surface area (Å²) in [6.07, 6.45) is 4.31. The van der Waals surface area contributed by atoms with Crippen LogP contribution in [0.2, 0.25) is 0 Å². The van der Waals surface area contributed by atoms with Gasteiger partial charge in [-0.15, -0.1) is 0 Å². The van der Waals surface area contributed by atoms with Gasteiger partial charge in [0.1, 0.15) is 18.1 Å². The number of fused-ring (bicyclic) bond motifs is 1. The Balaban J connectivity index is 1.68. The van der Waals surface area contributed by atoms with Gasteiger partial charge in [-0.2, -0.15) is 0 Å². The molecule has 0 amide bonds. The van der Waals surface area contributed by atoms with E-state index < -0.39 is 5.60 Å². The zero-order valence-corrected chi connectivity index (χ0v) is 17.9. The smallest absolute Gasteiger partial charge is 0.123 e. The van der Waals surface area contributed by atoms with Crippen LogP contribution in [0.5, 0.6) is 11.5 Å². The van der Waals surface area contributed by atoms with Crippen molar-refractivity contribution in [2.24, 2.45) is 0 Å². The van der Waals surface area contributed by atoms with Crippen molar-refractivity contribution in [3.63, 3.8) is 0 Å². The zero-order chi connectivity index (χ0) is 20.9. The molecule has 0 aliphatic carbocycles. The minimum Gasteiger partial charge on any atom is -0.497 e. The maximum absolute atomic E-state index is 10.9. The highest BCUT2D eigenvalue weighted by Gasteiger charge is 2.26. The van der Waals surface area contributed by atoms with Gasteiger partial charge >= 0.3 is 0 Å². The topological polar surface area (TPSA) is 45.2 Å². The molecule has 0 spiro atoms. The molecule has 156 valence electrons. The number of hydrogen-bond donors (Lipinski definition) is 1. The fourth-order valence-electron chi connectivity index (χ4n) is 3.70. The van der Waals surface area contributed by atoms with Gasteiger partial charge in [-0.25, -0.2) is 0 Å². The summed E-state index contributed by atoms with van der Waals surface area (Å²) in [5.74, 6) is 1.78. The normalized spacial score (nSPS) is 16.9. The molecule has 1 N–H and O–H groups in total. The molecule has 0 fully saturated rings. The minimum atomic E-state index is -0.899. The van der Waals surface area contributed by atoms with Gasteiger partial charge in [-0.05, 0) is 56.4 Å². The number of rotatable bonds is 7. The summed E-state index contributed by atoms with van der Waals surface area (Å²) < 4.78 is 11.1. The first-order valence-electron chi connectivity index (χ1n) is 10.0. The quantitative estimate of drug-likeness (QED) is 0.777. The first-order valence-corrected chi connectivity index (χ1v) is 10.0. The average molecular weight is 397 g/mol. The van der Waals surface area contributed by atoms with E-state index in [1.54, 1.807) is 7.11 Å². The molecular formula is C24H32N2O3. The summed E-state index contributed by atoms with van der Waals surface area (Å²) in [7, 11) is 5.62. The van der Waals surface area contributed by atoms with Crippen LogP contribution in [-0.2, 0) is 12.1 Å². The Morgan fingerprint density at radius 1 is 1.21 bits per heavy atom. The predicted octanol–water partition coefficient (Wildman–Crippen LogP) is 3.37. The highest BCUT2D eigenvalue weighted by molar-refractivity contribution is 5.50. The van der Waals surface area contributed by atoms with Crippen molar-refractivity contribution in [2.75, 3.05) is 47.4 Å². The van der Waals surface area contributed by atoms with Crippen LogP contribution in [0.1, 0.15) is 23.6 Å². The van der Waals surface area contributed by atoms with Crippen LogP contribution in [0.4, 0.5) is 0 Å². The lowest BCUT2D eigenvalue weighted by Crippen LogP contribution is -2.34. The Bertz CT molecular complexity index is 829. The monoisotopic (exact) mass is 396 g/mol. The first-order chi connectivity index (χ1) is 13.9. The number of likely N-dealkylation sites (N-methyl/N-ethyl adjacent to an activating group) is 1. The third-order valence-corrected chi connectivity index (χ3v) is 5.16. The van der Waals surface area contributed by atoms with Crippen molar-refractivity contribution in [3.05, 3.63) is 65.2 Å². The van der Waals surface area contributed by atoms with Gasteiger partial charge < -0.3 is 19.5 Å². The van der Waals surface area contributed by atoms with Gasteiger partial charge in [-0.3, -0.25) is 4.90 Å². The SMILES string of the molecule is COc1ccc(/C=C/CN2CCOc3ccc(C(C)(O)CN(C)C)cc3C2)cc1. The Kier molecular flexibility index (Phi) is 6.96.